The van der Waals surface area contributed by atoms with Gasteiger partial charge in [-0.1, -0.05) is 0 Å². The number of ether oxygens (including phenoxy) is 4. The van der Waals surface area contributed by atoms with Crippen LogP contribution in [0.4, 0.5) is 27.2 Å². The van der Waals surface area contributed by atoms with Gasteiger partial charge in [-0.15, -0.1) is 0 Å². The van der Waals surface area contributed by atoms with Crippen molar-refractivity contribution in [3.8, 4) is 0 Å². The first kappa shape index (κ1) is 74.9. The van der Waals surface area contributed by atoms with Crippen LogP contribution in [-0.2, 0) is 80.2 Å². The Labute approximate surface area is 522 Å². The van der Waals surface area contributed by atoms with Gasteiger partial charge in [0.2, 0.25) is 5.97 Å². The van der Waals surface area contributed by atoms with Crippen molar-refractivity contribution in [3.05, 3.63) is 33.9 Å². The minimum atomic E-state index is -2.73. The quantitative estimate of drug-likeness (QED) is 0.0908. The maximum atomic E-state index is 14.3. The van der Waals surface area contributed by atoms with E-state index in [-0.39, 0.29) is 83.8 Å². The van der Waals surface area contributed by atoms with Crippen molar-refractivity contribution in [1.29, 1.82) is 0 Å². The van der Waals surface area contributed by atoms with Crippen molar-refractivity contribution >= 4 is 44.4 Å². The number of nitrogens with zero attached hydrogens (tertiary/aromatic N) is 7. The Morgan fingerprint density at radius 3 is 1.46 bits per heavy atom. The number of hydrogen-bond acceptors (Lipinski definition) is 17. The number of carbonyl (C=O) groups is 6. The topological polar surface area (TPSA) is 224 Å². The molecule has 0 aromatic carbocycles. The average molecular weight is 1220 g/mol. The molecule has 2 amide bonds. The summed E-state index contributed by atoms with van der Waals surface area (Å²) in [5.74, 6) is -6.74. The number of amides is 2. The van der Waals surface area contributed by atoms with Gasteiger partial charge < -0.3 is 46.8 Å². The fourth-order valence-electron chi connectivity index (χ4n) is 11.5. The van der Waals surface area contributed by atoms with Crippen molar-refractivity contribution in [2.45, 2.75) is 207 Å². The van der Waals surface area contributed by atoms with Crippen LogP contribution in [0.5, 0.6) is 0 Å². The zero-order valence-corrected chi connectivity index (χ0v) is 54.9. The predicted octanol–water partition coefficient (Wildman–Crippen LogP) is 5.91. The van der Waals surface area contributed by atoms with Crippen molar-refractivity contribution in [1.82, 2.24) is 39.6 Å². The Balaban J connectivity index is 0.000000323. The molecule has 6 aliphatic rings. The zero-order valence-electron chi connectivity index (χ0n) is 52.9. The van der Waals surface area contributed by atoms with E-state index < -0.39 is 47.5 Å². The number of aldehydes is 1. The molecule has 0 unspecified atom stereocenters. The third-order valence-electron chi connectivity index (χ3n) is 15.5. The number of hydrogen-bond donors (Lipinski definition) is 1. The maximum Gasteiger partial charge on any atom is 1.00 e. The smallest absolute Gasteiger partial charge is 0.793 e. The van der Waals surface area contributed by atoms with Crippen LogP contribution in [0.15, 0.2) is 0 Å². The first-order valence-electron chi connectivity index (χ1n) is 29.1. The molecule has 85 heavy (non-hydrogen) atoms. The van der Waals surface area contributed by atoms with E-state index in [2.05, 4.69) is 42.9 Å². The van der Waals surface area contributed by atoms with Gasteiger partial charge in [0.05, 0.1) is 31.7 Å². The normalized spacial score (nSPS) is 22.5. The molecule has 4 fully saturated rings. The monoisotopic (exact) mass is 1220 g/mol. The number of halogens is 4. The standard InChI is InChI=1S/C26H42F2N4O3.C17H22F2N2O2.C9H20N2O2.C4H6O4.C2H3BO2.Na/c1-24(2,3)35-23(33)31(5)13-12-30(4)16-20-22(21-15-26(27,28)17-32(21)29-20)19-7-10-25(11-8-19)9-6-14-34-18-25;18-17(19)8-14-15(13(9-22)20-21(14)10-17)12-2-5-16(6-3-12)4-1-7-23-11-16;1-9(2,3)13-8(12)11(5)7-6-10-4;1-3(5)7-8-4(2)6;1-2(4)5-3;/h19H,6-18H2,1-5H3;9,12H,1-8,10-11H2;10H,6-7H2,1-5H3;1-2H3;1H3;/q;;;;-1;+1. The molecule has 2 spiro atoms. The van der Waals surface area contributed by atoms with E-state index in [4.69, 9.17) is 18.9 Å². The van der Waals surface area contributed by atoms with E-state index in [1.807, 2.05) is 55.6 Å². The third-order valence-corrected chi connectivity index (χ3v) is 15.5. The summed E-state index contributed by atoms with van der Waals surface area (Å²) in [6, 6.07) is 0. The van der Waals surface area contributed by atoms with Gasteiger partial charge in [0.1, 0.15) is 30.0 Å². The van der Waals surface area contributed by atoms with Crippen molar-refractivity contribution in [2.24, 2.45) is 10.8 Å². The summed E-state index contributed by atoms with van der Waals surface area (Å²) in [4.78, 5) is 77.0. The van der Waals surface area contributed by atoms with Gasteiger partial charge in [0.25, 0.3) is 11.8 Å². The predicted molar refractivity (Wildman–Crippen MR) is 304 cm³/mol. The van der Waals surface area contributed by atoms with E-state index in [9.17, 15) is 46.3 Å². The Morgan fingerprint density at radius 2 is 1.08 bits per heavy atom. The van der Waals surface area contributed by atoms with Crippen LogP contribution in [-0.4, -0.2) is 183 Å². The molecule has 475 valence electrons. The average Bonchev–Trinajstić information content (AvgIpc) is 1.74. The summed E-state index contributed by atoms with van der Waals surface area (Å²) in [5, 5.41) is 11.8. The Bertz CT molecular complexity index is 2460. The SMILES string of the molecule is CC(=O)OOC(C)=O.CN(CCN(C)C(=O)OC(C)(C)C)Cc1nn2c(c1C1CCC3(CCCOC3)CC1)CC(F)(F)C2.CNCCN(C)C(=O)OC(C)(C)C.O=Cc1nn2c(c1C1CCC3(CCCOC3)CC1)CC(F)(F)C2.[B-]OC(C)=O.[Na+]. The Kier molecular flexibility index (Phi) is 29.4. The second-order valence-corrected chi connectivity index (χ2v) is 25.3. The molecule has 2 aromatic rings. The molecule has 4 aliphatic heterocycles. The molecule has 2 aliphatic carbocycles. The van der Waals surface area contributed by atoms with Crippen LogP contribution in [0.3, 0.4) is 0 Å². The zero-order chi connectivity index (χ0) is 62.8. The molecule has 21 nitrogen and oxygen atoms in total. The summed E-state index contributed by atoms with van der Waals surface area (Å²) in [5.41, 5.74) is 4.05. The number of nitrogens with one attached hydrogen (secondary N) is 1. The number of fused-ring (bicyclic) bond motifs is 2. The van der Waals surface area contributed by atoms with Crippen LogP contribution in [0.25, 0.3) is 0 Å². The molecule has 0 atom stereocenters. The number of aromatic nitrogens is 4. The molecule has 3 radical (unpaired) electrons. The van der Waals surface area contributed by atoms with Crippen LogP contribution in [0.1, 0.15) is 190 Å². The molecule has 1 N–H and O–H groups in total. The molecular weight excluding hydrogens is 1130 g/mol. The molecule has 0 bridgehead atoms. The van der Waals surface area contributed by atoms with E-state index in [1.165, 1.54) is 24.4 Å². The second kappa shape index (κ2) is 33.3. The van der Waals surface area contributed by atoms with Gasteiger partial charge in [-0.3, -0.25) is 23.9 Å². The summed E-state index contributed by atoms with van der Waals surface area (Å²) in [6.45, 7) is 20.5. The van der Waals surface area contributed by atoms with Crippen LogP contribution >= 0.6 is 0 Å². The Hall–Kier alpha value is -4.34. The molecular formula is C58H93BF4N8NaO13. The maximum absolute atomic E-state index is 14.3. The van der Waals surface area contributed by atoms with E-state index in [0.717, 1.165) is 140 Å². The number of carbonyl (C=O) groups excluding carboxylic acids is 6. The van der Waals surface area contributed by atoms with Gasteiger partial charge in [-0.25, -0.2) is 46.5 Å². The summed E-state index contributed by atoms with van der Waals surface area (Å²) >= 11 is 0. The summed E-state index contributed by atoms with van der Waals surface area (Å²) in [6.07, 6.45) is 12.4. The Morgan fingerprint density at radius 1 is 0.671 bits per heavy atom. The number of likely N-dealkylation sites (N-methyl/N-ethyl adjacent to an activating group) is 4. The first-order chi connectivity index (χ1) is 39.1. The number of rotatable bonds is 11. The molecule has 2 saturated heterocycles. The van der Waals surface area contributed by atoms with E-state index >= 15 is 0 Å². The van der Waals surface area contributed by atoms with E-state index in [0.29, 0.717) is 37.6 Å². The molecule has 8 rings (SSSR count). The van der Waals surface area contributed by atoms with Crippen molar-refractivity contribution in [3.63, 3.8) is 0 Å². The van der Waals surface area contributed by atoms with Crippen molar-refractivity contribution < 1.29 is 109 Å². The van der Waals surface area contributed by atoms with Gasteiger partial charge in [-0.05, 0) is 155 Å². The minimum absolute atomic E-state index is 0. The third kappa shape index (κ3) is 24.6. The molecule has 2 saturated carbocycles. The van der Waals surface area contributed by atoms with Crippen LogP contribution < -0.4 is 34.9 Å². The molecule has 6 heterocycles. The van der Waals surface area contributed by atoms with Crippen molar-refractivity contribution in [2.75, 3.05) is 80.8 Å². The van der Waals surface area contributed by atoms with Gasteiger partial charge in [0, 0.05) is 103 Å². The molecule has 2 aromatic heterocycles. The van der Waals surface area contributed by atoms with Gasteiger partial charge in [-0.2, -0.15) is 10.2 Å². The number of alkyl halides is 4. The van der Waals surface area contributed by atoms with Crippen LogP contribution in [0, 0.1) is 10.8 Å². The molecule has 27 heteroatoms. The van der Waals surface area contributed by atoms with E-state index in [1.54, 1.807) is 28.6 Å². The summed E-state index contributed by atoms with van der Waals surface area (Å²) < 4.78 is 84.4. The fraction of sp³-hybridized carbons (Fsp3) is 0.793. The van der Waals surface area contributed by atoms with Gasteiger partial charge in [0.15, 0.2) is 6.29 Å². The van der Waals surface area contributed by atoms with Crippen LogP contribution in [0.2, 0.25) is 0 Å². The first-order valence-corrected chi connectivity index (χ1v) is 29.1. The largest absolute Gasteiger partial charge is 1.00 e. The van der Waals surface area contributed by atoms with Gasteiger partial charge >= 0.3 is 53.7 Å². The summed E-state index contributed by atoms with van der Waals surface area (Å²) in [7, 11) is 11.6. The second-order valence-electron chi connectivity index (χ2n) is 25.3. The minimum Gasteiger partial charge on any atom is -0.793 e. The fourth-order valence-corrected chi connectivity index (χ4v) is 11.5.